The maximum atomic E-state index is 17.0. The average Bonchev–Trinajstić information content (AvgIpc) is 3.13. The van der Waals surface area contributed by atoms with E-state index in [-0.39, 0.29) is 41.7 Å². The number of ketones is 1. The first kappa shape index (κ1) is 28.1. The van der Waals surface area contributed by atoms with E-state index in [4.69, 9.17) is 4.84 Å². The normalized spacial score (nSPS) is 39.7. The number of aliphatic hydroxyl groups is 1. The molecule has 0 aromatic carbocycles. The molecule has 4 rings (SSSR count). The fraction of sp³-hybridized carbons (Fsp3) is 0.704. The molecule has 0 aromatic heterocycles. The summed E-state index contributed by atoms with van der Waals surface area (Å²) in [6.07, 6.45) is 2.96. The van der Waals surface area contributed by atoms with Crippen molar-refractivity contribution in [2.24, 2.45) is 28.6 Å². The molecular weight excluding hydrogens is 504 g/mol. The Hall–Kier alpha value is -1.91. The SMILES string of the molecule is CC(O)CC(=O)O[N+](C)(C)C(=O)SC(=O)[C@H]1CC[C@H]2[C@@H]3C[C@H](F)C4=CC(=O)C=C[C@]4(C)[C@@]3(F)CC[C@]12C. The average molecular weight is 541 g/mol. The number of carbonyl (C=O) groups excluding carboxylic acids is 4. The number of rotatable bonds is 3. The van der Waals surface area contributed by atoms with Crippen LogP contribution in [-0.2, 0) is 19.2 Å². The van der Waals surface area contributed by atoms with Crippen LogP contribution in [0.1, 0.15) is 59.3 Å². The monoisotopic (exact) mass is 540 g/mol. The molecule has 10 heteroatoms. The highest BCUT2D eigenvalue weighted by Crippen LogP contribution is 2.69. The van der Waals surface area contributed by atoms with Gasteiger partial charge in [0.2, 0.25) is 5.12 Å². The Morgan fingerprint density at radius 3 is 2.54 bits per heavy atom. The molecule has 0 spiro atoms. The molecule has 4 aliphatic carbocycles. The van der Waals surface area contributed by atoms with Gasteiger partial charge in [0.05, 0.1) is 24.3 Å². The molecule has 0 bridgehead atoms. The van der Waals surface area contributed by atoms with E-state index in [1.54, 1.807) is 6.92 Å². The molecule has 1 amide bonds. The highest BCUT2D eigenvalue weighted by molar-refractivity contribution is 8.25. The highest BCUT2D eigenvalue weighted by atomic mass is 32.2. The van der Waals surface area contributed by atoms with Crippen molar-refractivity contribution in [1.82, 2.24) is 0 Å². The van der Waals surface area contributed by atoms with Crippen LogP contribution in [0.3, 0.4) is 0 Å². The number of hydrogen-bond donors (Lipinski definition) is 1. The molecule has 4 aliphatic rings. The highest BCUT2D eigenvalue weighted by Gasteiger charge is 2.69. The van der Waals surface area contributed by atoms with E-state index in [2.05, 4.69) is 0 Å². The molecule has 0 aromatic rings. The number of halogens is 2. The summed E-state index contributed by atoms with van der Waals surface area (Å²) in [6, 6.07) is 0. The third-order valence-corrected chi connectivity index (χ3v) is 10.5. The Morgan fingerprint density at radius 1 is 1.22 bits per heavy atom. The summed E-state index contributed by atoms with van der Waals surface area (Å²) in [5.41, 5.74) is -3.34. The summed E-state index contributed by atoms with van der Waals surface area (Å²) in [5, 5.41) is 8.34. The van der Waals surface area contributed by atoms with Crippen molar-refractivity contribution in [3.63, 3.8) is 0 Å². The topological polar surface area (TPSA) is 97.7 Å². The second-order valence-corrected chi connectivity index (χ2v) is 13.0. The molecule has 37 heavy (non-hydrogen) atoms. The molecule has 3 fully saturated rings. The van der Waals surface area contributed by atoms with Gasteiger partial charge in [0.1, 0.15) is 25.9 Å². The molecule has 0 radical (unpaired) electrons. The predicted octanol–water partition coefficient (Wildman–Crippen LogP) is 4.64. The Bertz CT molecular complexity index is 1090. The molecular formula is C27H36F2NO6S+. The quantitative estimate of drug-likeness (QED) is 0.412. The van der Waals surface area contributed by atoms with Crippen molar-refractivity contribution < 1.29 is 42.5 Å². The van der Waals surface area contributed by atoms with E-state index < -0.39 is 56.5 Å². The smallest absolute Gasteiger partial charge is 0.393 e. The number of fused-ring (bicyclic) bond motifs is 5. The minimum atomic E-state index is -1.74. The zero-order valence-corrected chi connectivity index (χ0v) is 22.8. The maximum Gasteiger partial charge on any atom is 0.423 e. The summed E-state index contributed by atoms with van der Waals surface area (Å²) in [4.78, 5) is 55.3. The molecule has 0 aliphatic heterocycles. The fourth-order valence-corrected chi connectivity index (χ4v) is 8.26. The number of hydrogen-bond acceptors (Lipinski definition) is 7. The number of hydroxylamine groups is 3. The van der Waals surface area contributed by atoms with Crippen LogP contribution in [-0.4, -0.2) is 63.9 Å². The van der Waals surface area contributed by atoms with Crippen LogP contribution in [0.2, 0.25) is 0 Å². The number of amides is 1. The second-order valence-electron chi connectivity index (χ2n) is 12.0. The molecule has 8 atom stereocenters. The van der Waals surface area contributed by atoms with Crippen LogP contribution in [0.5, 0.6) is 0 Å². The summed E-state index contributed by atoms with van der Waals surface area (Å²) in [6.45, 7) is 5.05. The molecule has 0 saturated heterocycles. The van der Waals surface area contributed by atoms with E-state index in [0.29, 0.717) is 31.0 Å². The molecule has 7 nitrogen and oxygen atoms in total. The molecule has 1 N–H and O–H groups in total. The first-order valence-corrected chi connectivity index (χ1v) is 13.7. The van der Waals surface area contributed by atoms with Crippen LogP contribution in [0.15, 0.2) is 23.8 Å². The van der Waals surface area contributed by atoms with Crippen molar-refractivity contribution in [3.8, 4) is 0 Å². The maximum absolute atomic E-state index is 17.0. The lowest BCUT2D eigenvalue weighted by Gasteiger charge is -2.60. The van der Waals surface area contributed by atoms with Crippen molar-refractivity contribution in [2.75, 3.05) is 14.1 Å². The van der Waals surface area contributed by atoms with Crippen molar-refractivity contribution in [2.45, 2.75) is 77.2 Å². The molecule has 204 valence electrons. The van der Waals surface area contributed by atoms with Gasteiger partial charge in [-0.25, -0.2) is 18.4 Å². The Labute approximate surface area is 220 Å². The number of allylic oxidation sites excluding steroid dienone is 4. The lowest BCUT2D eigenvalue weighted by atomic mass is 9.46. The van der Waals surface area contributed by atoms with Crippen LogP contribution in [0.25, 0.3) is 0 Å². The minimum absolute atomic E-state index is 0.0323. The summed E-state index contributed by atoms with van der Waals surface area (Å²) < 4.78 is 31.6. The van der Waals surface area contributed by atoms with Crippen LogP contribution < -0.4 is 0 Å². The van der Waals surface area contributed by atoms with Crippen LogP contribution in [0, 0.1) is 28.6 Å². The first-order chi connectivity index (χ1) is 17.0. The number of carbonyl (C=O) groups is 4. The van der Waals surface area contributed by atoms with Gasteiger partial charge in [0, 0.05) is 17.3 Å². The van der Waals surface area contributed by atoms with Gasteiger partial charge < -0.3 is 5.11 Å². The van der Waals surface area contributed by atoms with E-state index >= 15 is 8.78 Å². The molecule has 0 heterocycles. The minimum Gasteiger partial charge on any atom is -0.393 e. The summed E-state index contributed by atoms with van der Waals surface area (Å²) >= 11 is 0.495. The second kappa shape index (κ2) is 9.38. The molecule has 1 unspecified atom stereocenters. The van der Waals surface area contributed by atoms with Gasteiger partial charge >= 0.3 is 11.2 Å². The lowest BCUT2D eigenvalue weighted by molar-refractivity contribution is -0.987. The van der Waals surface area contributed by atoms with Gasteiger partial charge in [0.25, 0.3) is 0 Å². The zero-order chi connectivity index (χ0) is 27.6. The Morgan fingerprint density at radius 2 is 1.89 bits per heavy atom. The van der Waals surface area contributed by atoms with Crippen molar-refractivity contribution in [3.05, 3.63) is 23.8 Å². The van der Waals surface area contributed by atoms with Crippen molar-refractivity contribution in [1.29, 1.82) is 0 Å². The van der Waals surface area contributed by atoms with E-state index in [9.17, 15) is 24.3 Å². The van der Waals surface area contributed by atoms with Gasteiger partial charge in [-0.1, -0.05) is 17.6 Å². The van der Waals surface area contributed by atoms with Crippen molar-refractivity contribution >= 4 is 33.9 Å². The van der Waals surface area contributed by atoms with Gasteiger partial charge in [0.15, 0.2) is 5.78 Å². The summed E-state index contributed by atoms with van der Waals surface area (Å²) in [5.74, 6) is -2.47. The number of aliphatic hydroxyl groups excluding tert-OH is 1. The predicted molar refractivity (Wildman–Crippen MR) is 133 cm³/mol. The number of quaternary nitrogens is 1. The molecule has 3 saturated carbocycles. The van der Waals surface area contributed by atoms with E-state index in [1.807, 2.05) is 6.92 Å². The first-order valence-electron chi connectivity index (χ1n) is 12.8. The third-order valence-electron chi connectivity index (χ3n) is 9.35. The summed E-state index contributed by atoms with van der Waals surface area (Å²) in [7, 11) is 2.69. The Kier molecular flexibility index (Phi) is 7.12. The largest absolute Gasteiger partial charge is 0.423 e. The standard InChI is InChI=1S/C27H36F2NO6S/c1-15(31)12-22(33)36-30(4,5)24(35)37-23(34)18-7-6-17-19-14-21(28)20-13-16(32)8-9-26(20,3)27(19,29)11-10-25(17,18)2/h8-9,13,15,17-19,21,31H,6-7,10-12,14H2,1-5H3/q+1/t15?,17-,18+,19-,21-,25-,26-,27+/m0/s1. The fourth-order valence-electron chi connectivity index (χ4n) is 7.30. The van der Waals surface area contributed by atoms with Gasteiger partial charge in [-0.3, -0.25) is 14.4 Å². The van der Waals surface area contributed by atoms with E-state index in [1.165, 1.54) is 39.2 Å². The van der Waals surface area contributed by atoms with Crippen LogP contribution in [0.4, 0.5) is 13.6 Å². The Balaban J connectivity index is 1.52. The lowest BCUT2D eigenvalue weighted by Crippen LogP contribution is -2.62. The number of thioether (sulfide) groups is 1. The number of alkyl halides is 2. The van der Waals surface area contributed by atoms with Gasteiger partial charge in [-0.05, 0) is 75.0 Å². The number of nitrogens with zero attached hydrogens (tertiary/aromatic N) is 1. The third kappa shape index (κ3) is 4.52. The van der Waals surface area contributed by atoms with E-state index in [0.717, 1.165) is 0 Å². The van der Waals surface area contributed by atoms with Gasteiger partial charge in [-0.2, -0.15) is 0 Å². The zero-order valence-electron chi connectivity index (χ0n) is 22.0. The van der Waals surface area contributed by atoms with Gasteiger partial charge in [-0.15, -0.1) is 0 Å². The van der Waals surface area contributed by atoms with Crippen LogP contribution >= 0.6 is 11.8 Å².